The van der Waals surface area contributed by atoms with Gasteiger partial charge in [-0.15, -0.1) is 0 Å². The number of carbonyl (C=O) groups excluding carboxylic acids is 3. The molecule has 0 aromatic rings. The maximum absolute atomic E-state index is 11.2. The minimum absolute atomic E-state index is 0.0739. The summed E-state index contributed by atoms with van der Waals surface area (Å²) in [5.74, 6) is -1.39. The average molecular weight is 261 g/mol. The molecule has 0 saturated carbocycles. The number of esters is 3. The van der Waals surface area contributed by atoms with E-state index >= 15 is 0 Å². The fourth-order valence-electron chi connectivity index (χ4n) is 1.28. The third-order valence-electron chi connectivity index (χ3n) is 2.43. The lowest BCUT2D eigenvalue weighted by Crippen LogP contribution is -2.42. The standard InChI is InChI=1S/C11H19NO6/c1-8(5-9(13)16-2)12(6-10(14)17-3)7-11(15)18-4/h8H,5-7H2,1-4H3. The summed E-state index contributed by atoms with van der Waals surface area (Å²) in [6.07, 6.45) is 0.0739. The van der Waals surface area contributed by atoms with Crippen LogP contribution in [-0.2, 0) is 28.6 Å². The van der Waals surface area contributed by atoms with Gasteiger partial charge >= 0.3 is 17.9 Å². The van der Waals surface area contributed by atoms with Crippen molar-refractivity contribution in [1.82, 2.24) is 4.90 Å². The first-order valence-corrected chi connectivity index (χ1v) is 5.39. The van der Waals surface area contributed by atoms with Gasteiger partial charge in [0.1, 0.15) is 0 Å². The Labute approximate surface area is 106 Å². The van der Waals surface area contributed by atoms with E-state index in [4.69, 9.17) is 0 Å². The fourth-order valence-corrected chi connectivity index (χ4v) is 1.28. The molecule has 0 aliphatic heterocycles. The number of hydrogen-bond donors (Lipinski definition) is 0. The number of nitrogens with zero attached hydrogens (tertiary/aromatic N) is 1. The molecule has 0 spiro atoms. The molecule has 0 fully saturated rings. The van der Waals surface area contributed by atoms with Crippen molar-refractivity contribution < 1.29 is 28.6 Å². The Morgan fingerprint density at radius 1 is 0.889 bits per heavy atom. The molecule has 0 saturated heterocycles. The molecule has 0 radical (unpaired) electrons. The van der Waals surface area contributed by atoms with E-state index in [1.165, 1.54) is 26.2 Å². The Kier molecular flexibility index (Phi) is 7.69. The largest absolute Gasteiger partial charge is 0.469 e. The summed E-state index contributed by atoms with van der Waals surface area (Å²) in [6.45, 7) is 1.52. The zero-order valence-corrected chi connectivity index (χ0v) is 11.1. The van der Waals surface area contributed by atoms with Gasteiger partial charge < -0.3 is 14.2 Å². The maximum Gasteiger partial charge on any atom is 0.319 e. The van der Waals surface area contributed by atoms with Crippen molar-refractivity contribution in [3.63, 3.8) is 0 Å². The summed E-state index contributed by atoms with van der Waals surface area (Å²) in [4.78, 5) is 35.1. The van der Waals surface area contributed by atoms with E-state index in [9.17, 15) is 14.4 Å². The van der Waals surface area contributed by atoms with Crippen molar-refractivity contribution in [2.75, 3.05) is 34.4 Å². The lowest BCUT2D eigenvalue weighted by atomic mass is 10.2. The molecule has 0 aromatic heterocycles. The number of hydrogen-bond acceptors (Lipinski definition) is 7. The molecule has 0 rings (SSSR count). The predicted molar refractivity (Wildman–Crippen MR) is 61.7 cm³/mol. The van der Waals surface area contributed by atoms with Crippen molar-refractivity contribution in [3.05, 3.63) is 0 Å². The lowest BCUT2D eigenvalue weighted by Gasteiger charge is -2.25. The van der Waals surface area contributed by atoms with E-state index in [1.807, 2.05) is 0 Å². The first-order chi connectivity index (χ1) is 8.44. The Bertz CT molecular complexity index is 286. The number of methoxy groups -OCH3 is 3. The highest BCUT2D eigenvalue weighted by atomic mass is 16.5. The van der Waals surface area contributed by atoms with Gasteiger partial charge in [-0.25, -0.2) is 0 Å². The molecule has 0 amide bonds. The third kappa shape index (κ3) is 6.19. The summed E-state index contributed by atoms with van der Waals surface area (Å²) < 4.78 is 13.6. The summed E-state index contributed by atoms with van der Waals surface area (Å²) in [5, 5.41) is 0. The van der Waals surface area contributed by atoms with E-state index in [0.29, 0.717) is 0 Å². The van der Waals surface area contributed by atoms with Crippen LogP contribution in [0.4, 0.5) is 0 Å². The quantitative estimate of drug-likeness (QED) is 0.455. The highest BCUT2D eigenvalue weighted by molar-refractivity contribution is 5.75. The van der Waals surface area contributed by atoms with Gasteiger partial charge in [-0.05, 0) is 6.92 Å². The number of ether oxygens (including phenoxy) is 3. The molecule has 7 heteroatoms. The minimum Gasteiger partial charge on any atom is -0.469 e. The second-order valence-corrected chi connectivity index (χ2v) is 3.69. The molecule has 1 unspecified atom stereocenters. The van der Waals surface area contributed by atoms with Crippen molar-refractivity contribution in [2.45, 2.75) is 19.4 Å². The van der Waals surface area contributed by atoms with Gasteiger partial charge in [0.25, 0.3) is 0 Å². The van der Waals surface area contributed by atoms with Gasteiger partial charge in [-0.3, -0.25) is 19.3 Å². The van der Waals surface area contributed by atoms with Crippen LogP contribution in [0, 0.1) is 0 Å². The summed E-state index contributed by atoms with van der Waals surface area (Å²) in [5.41, 5.74) is 0. The second kappa shape index (κ2) is 8.46. The van der Waals surface area contributed by atoms with Crippen LogP contribution in [-0.4, -0.2) is 63.3 Å². The molecular formula is C11H19NO6. The van der Waals surface area contributed by atoms with E-state index in [0.717, 1.165) is 0 Å². The Hall–Kier alpha value is -1.63. The Balaban J connectivity index is 4.57. The molecule has 0 bridgehead atoms. The predicted octanol–water partition coefficient (Wildman–Crippen LogP) is -0.414. The van der Waals surface area contributed by atoms with Crippen molar-refractivity contribution in [2.24, 2.45) is 0 Å². The van der Waals surface area contributed by atoms with Crippen LogP contribution in [0.2, 0.25) is 0 Å². The molecular weight excluding hydrogens is 242 g/mol. The summed E-state index contributed by atoms with van der Waals surface area (Å²) >= 11 is 0. The lowest BCUT2D eigenvalue weighted by molar-refractivity contribution is -0.149. The van der Waals surface area contributed by atoms with Gasteiger partial charge in [0.05, 0.1) is 40.8 Å². The first-order valence-electron chi connectivity index (χ1n) is 5.39. The maximum atomic E-state index is 11.2. The molecule has 18 heavy (non-hydrogen) atoms. The van der Waals surface area contributed by atoms with Crippen molar-refractivity contribution >= 4 is 17.9 Å². The smallest absolute Gasteiger partial charge is 0.319 e. The topological polar surface area (TPSA) is 82.1 Å². The van der Waals surface area contributed by atoms with Crippen LogP contribution in [0.25, 0.3) is 0 Å². The Morgan fingerprint density at radius 2 is 1.28 bits per heavy atom. The van der Waals surface area contributed by atoms with Crippen LogP contribution in [0.5, 0.6) is 0 Å². The zero-order chi connectivity index (χ0) is 14.1. The minimum atomic E-state index is -0.490. The molecule has 104 valence electrons. The number of carbonyl (C=O) groups is 3. The molecule has 0 aliphatic carbocycles. The van der Waals surface area contributed by atoms with Gasteiger partial charge in [0.15, 0.2) is 0 Å². The van der Waals surface area contributed by atoms with Gasteiger partial charge in [-0.1, -0.05) is 0 Å². The van der Waals surface area contributed by atoms with Crippen LogP contribution in [0.15, 0.2) is 0 Å². The molecule has 7 nitrogen and oxygen atoms in total. The normalized spacial score (nSPS) is 11.8. The van der Waals surface area contributed by atoms with Crippen LogP contribution >= 0.6 is 0 Å². The summed E-state index contributed by atoms with van der Waals surface area (Å²) in [7, 11) is 3.78. The van der Waals surface area contributed by atoms with E-state index in [1.54, 1.807) is 6.92 Å². The second-order valence-electron chi connectivity index (χ2n) is 3.69. The first kappa shape index (κ1) is 16.4. The molecule has 0 aliphatic rings. The Morgan fingerprint density at radius 3 is 1.61 bits per heavy atom. The number of rotatable bonds is 7. The highest BCUT2D eigenvalue weighted by Gasteiger charge is 2.23. The van der Waals surface area contributed by atoms with Gasteiger partial charge in [-0.2, -0.15) is 0 Å². The average Bonchev–Trinajstić information content (AvgIpc) is 2.36. The van der Waals surface area contributed by atoms with Crippen molar-refractivity contribution in [1.29, 1.82) is 0 Å². The van der Waals surface area contributed by atoms with E-state index < -0.39 is 17.9 Å². The zero-order valence-electron chi connectivity index (χ0n) is 11.1. The molecule has 1 atom stereocenters. The summed E-state index contributed by atoms with van der Waals surface area (Å²) in [6, 6.07) is -0.337. The molecule has 0 N–H and O–H groups in total. The van der Waals surface area contributed by atoms with E-state index in [-0.39, 0.29) is 25.6 Å². The van der Waals surface area contributed by atoms with Gasteiger partial charge in [0.2, 0.25) is 0 Å². The van der Waals surface area contributed by atoms with Crippen LogP contribution in [0.1, 0.15) is 13.3 Å². The molecule has 0 heterocycles. The monoisotopic (exact) mass is 261 g/mol. The SMILES string of the molecule is COC(=O)CC(C)N(CC(=O)OC)CC(=O)OC. The highest BCUT2D eigenvalue weighted by Crippen LogP contribution is 2.05. The van der Waals surface area contributed by atoms with Gasteiger partial charge in [0, 0.05) is 6.04 Å². The fraction of sp³-hybridized carbons (Fsp3) is 0.727. The van der Waals surface area contributed by atoms with E-state index in [2.05, 4.69) is 14.2 Å². The van der Waals surface area contributed by atoms with Crippen LogP contribution in [0.3, 0.4) is 0 Å². The van der Waals surface area contributed by atoms with Crippen LogP contribution < -0.4 is 0 Å². The van der Waals surface area contributed by atoms with Crippen molar-refractivity contribution in [3.8, 4) is 0 Å². The third-order valence-corrected chi connectivity index (χ3v) is 2.43. The molecule has 0 aromatic carbocycles.